The van der Waals surface area contributed by atoms with Gasteiger partial charge in [-0.05, 0) is 36.3 Å². The maximum Gasteiger partial charge on any atom is 0.523 e. The number of ether oxygens (including phenoxy) is 2. The Morgan fingerprint density at radius 2 is 1.34 bits per heavy atom. The molecule has 1 rings (SSSR count). The van der Waals surface area contributed by atoms with Crippen molar-refractivity contribution in [3.05, 3.63) is 0 Å². The Kier molecular flexibility index (Phi) is 8.96. The van der Waals surface area contributed by atoms with Crippen LogP contribution >= 0.6 is 0 Å². The van der Waals surface area contributed by atoms with Gasteiger partial charge in [-0.25, -0.2) is 0 Å². The number of methoxy groups -OCH3 is 1. The van der Waals surface area contributed by atoms with Crippen LogP contribution in [-0.2, 0) is 32.6 Å². The molecule has 192 valence electrons. The summed E-state index contributed by atoms with van der Waals surface area (Å²) in [6, 6.07) is 0. The molecule has 0 radical (unpaired) electrons. The summed E-state index contributed by atoms with van der Waals surface area (Å²) >= 11 is 0. The summed E-state index contributed by atoms with van der Waals surface area (Å²) in [4.78, 5) is 0. The Morgan fingerprint density at radius 3 is 1.72 bits per heavy atom. The number of alkyl halides is 3. The molecular weight excluding hydrogens is 485 g/mol. The minimum absolute atomic E-state index is 0.0154. The van der Waals surface area contributed by atoms with Gasteiger partial charge in [-0.15, -0.1) is 0 Å². The van der Waals surface area contributed by atoms with E-state index in [9.17, 15) is 21.6 Å². The summed E-state index contributed by atoms with van der Waals surface area (Å²) in [6.07, 6.45) is -4.98. The molecule has 1 saturated heterocycles. The zero-order valence-corrected chi connectivity index (χ0v) is 23.7. The minimum Gasteiger partial charge on any atom is -0.414 e. The van der Waals surface area contributed by atoms with E-state index in [0.29, 0.717) is 0 Å². The normalized spacial score (nSPS) is 26.6. The van der Waals surface area contributed by atoms with Gasteiger partial charge in [0.2, 0.25) is 0 Å². The summed E-state index contributed by atoms with van der Waals surface area (Å²) in [5.41, 5.74) is -5.58. The van der Waals surface area contributed by atoms with Crippen molar-refractivity contribution in [1.29, 1.82) is 0 Å². The highest BCUT2D eigenvalue weighted by atomic mass is 32.2. The Balaban J connectivity index is 3.34. The Labute approximate surface area is 192 Å². The lowest BCUT2D eigenvalue weighted by Crippen LogP contribution is -2.52. The molecule has 1 aliphatic heterocycles. The predicted octanol–water partition coefficient (Wildman–Crippen LogP) is 5.00. The fourth-order valence-corrected chi connectivity index (χ4v) is 5.42. The monoisotopic (exact) mass is 524 g/mol. The summed E-state index contributed by atoms with van der Waals surface area (Å²) in [5.74, 6) is 0. The second-order valence-electron chi connectivity index (χ2n) is 11.2. The highest BCUT2D eigenvalue weighted by Gasteiger charge is 2.57. The third kappa shape index (κ3) is 6.77. The van der Waals surface area contributed by atoms with Crippen molar-refractivity contribution in [1.82, 2.24) is 0 Å². The molecule has 0 spiro atoms. The van der Waals surface area contributed by atoms with Gasteiger partial charge in [0.15, 0.2) is 29.0 Å². The van der Waals surface area contributed by atoms with Crippen molar-refractivity contribution in [2.45, 2.75) is 108 Å². The predicted molar refractivity (Wildman–Crippen MR) is 121 cm³/mol. The number of rotatable bonds is 8. The third-order valence-corrected chi connectivity index (χ3v) is 16.7. The minimum atomic E-state index is -5.89. The molecule has 0 N–H and O–H groups in total. The standard InChI is InChI=1S/C19H39F3O7SSi2/c1-17(2,3)31(8,9)26-12-13-14(29-32(10,11)18(4,5)6)15(16(25-7)27-13)28-30(23,24)19(20,21)22/h13-16H,12H2,1-11H3/t13-,14-,15-,16-/m1/s1. The van der Waals surface area contributed by atoms with E-state index in [1.165, 1.54) is 7.11 Å². The molecule has 13 heteroatoms. The van der Waals surface area contributed by atoms with E-state index in [0.717, 1.165) is 0 Å². The van der Waals surface area contributed by atoms with Crippen molar-refractivity contribution in [3.63, 3.8) is 0 Å². The van der Waals surface area contributed by atoms with E-state index in [2.05, 4.69) is 25.0 Å². The summed E-state index contributed by atoms with van der Waals surface area (Å²) in [7, 11) is -9.48. The molecule has 0 aromatic heterocycles. The molecule has 1 aliphatic rings. The molecule has 0 aliphatic carbocycles. The van der Waals surface area contributed by atoms with Crippen molar-refractivity contribution < 1.29 is 44.1 Å². The Bertz CT molecular complexity index is 743. The van der Waals surface area contributed by atoms with E-state index in [-0.39, 0.29) is 16.7 Å². The van der Waals surface area contributed by atoms with Crippen molar-refractivity contribution >= 4 is 26.8 Å². The molecule has 4 atom stereocenters. The first-order valence-corrected chi connectivity index (χ1v) is 17.7. The van der Waals surface area contributed by atoms with Crippen LogP contribution in [0.15, 0.2) is 0 Å². The molecule has 0 saturated carbocycles. The van der Waals surface area contributed by atoms with Crippen LogP contribution in [0.25, 0.3) is 0 Å². The van der Waals surface area contributed by atoms with Crippen molar-refractivity contribution in [2.24, 2.45) is 0 Å². The first-order chi connectivity index (χ1) is 14.0. The summed E-state index contributed by atoms with van der Waals surface area (Å²) < 4.78 is 90.9. The topological polar surface area (TPSA) is 80.3 Å². The maximum absolute atomic E-state index is 13.1. The SMILES string of the molecule is CO[C@@H]1O[C@H](CO[Si](C)(C)C(C)(C)C)[C@@H](O[Si](C)(C)C(C)(C)C)[C@H]1OS(=O)(=O)C(F)(F)F. The summed E-state index contributed by atoms with van der Waals surface area (Å²) in [6.45, 7) is 20.0. The number of hydrogen-bond acceptors (Lipinski definition) is 7. The Morgan fingerprint density at radius 1 is 0.875 bits per heavy atom. The van der Waals surface area contributed by atoms with Gasteiger partial charge in [-0.2, -0.15) is 21.6 Å². The van der Waals surface area contributed by atoms with Crippen LogP contribution in [0.3, 0.4) is 0 Å². The van der Waals surface area contributed by atoms with Crippen molar-refractivity contribution in [3.8, 4) is 0 Å². The van der Waals surface area contributed by atoms with Crippen LogP contribution in [-0.4, -0.2) is 68.9 Å². The zero-order valence-electron chi connectivity index (χ0n) is 20.9. The second kappa shape index (κ2) is 9.55. The lowest BCUT2D eigenvalue weighted by Gasteiger charge is -2.41. The van der Waals surface area contributed by atoms with Gasteiger partial charge in [0.05, 0.1) is 6.61 Å². The van der Waals surface area contributed by atoms with E-state index in [4.69, 9.17) is 18.3 Å². The molecule has 7 nitrogen and oxygen atoms in total. The molecule has 0 bridgehead atoms. The van der Waals surface area contributed by atoms with Gasteiger partial charge in [0.25, 0.3) is 0 Å². The van der Waals surface area contributed by atoms with E-state index in [1.54, 1.807) is 0 Å². The maximum atomic E-state index is 13.1. The van der Waals surface area contributed by atoms with Crippen LogP contribution in [0.4, 0.5) is 13.2 Å². The molecule has 0 unspecified atom stereocenters. The summed E-state index contributed by atoms with van der Waals surface area (Å²) in [5, 5.41) is -0.409. The van der Waals surface area contributed by atoms with Crippen LogP contribution in [0.2, 0.25) is 36.3 Å². The van der Waals surface area contributed by atoms with Gasteiger partial charge < -0.3 is 18.3 Å². The lowest BCUT2D eigenvalue weighted by molar-refractivity contribution is -0.150. The van der Waals surface area contributed by atoms with Crippen LogP contribution < -0.4 is 0 Å². The van der Waals surface area contributed by atoms with E-state index >= 15 is 0 Å². The second-order valence-corrected chi connectivity index (χ2v) is 22.3. The average Bonchev–Trinajstić information content (AvgIpc) is 2.86. The smallest absolute Gasteiger partial charge is 0.414 e. The zero-order chi connectivity index (χ0) is 25.6. The molecule has 32 heavy (non-hydrogen) atoms. The van der Waals surface area contributed by atoms with Crippen LogP contribution in [0.5, 0.6) is 0 Å². The Hall–Kier alpha value is -0.0262. The fourth-order valence-electron chi connectivity index (χ4n) is 2.49. The molecule has 0 aromatic rings. The quantitative estimate of drug-likeness (QED) is 0.251. The molecule has 1 fully saturated rings. The lowest BCUT2D eigenvalue weighted by atomic mass is 10.1. The highest BCUT2D eigenvalue weighted by molar-refractivity contribution is 7.87. The largest absolute Gasteiger partial charge is 0.523 e. The molecular formula is C19H39F3O7SSi2. The van der Waals surface area contributed by atoms with Gasteiger partial charge >= 0.3 is 15.6 Å². The fraction of sp³-hybridized carbons (Fsp3) is 1.00. The number of hydrogen-bond donors (Lipinski definition) is 0. The highest BCUT2D eigenvalue weighted by Crippen LogP contribution is 2.42. The molecule has 0 amide bonds. The third-order valence-electron chi connectivity index (χ3n) is 6.67. The van der Waals surface area contributed by atoms with E-state index in [1.807, 2.05) is 47.0 Å². The number of halogens is 3. The van der Waals surface area contributed by atoms with Gasteiger partial charge in [-0.3, -0.25) is 4.18 Å². The first-order valence-electron chi connectivity index (χ1n) is 10.5. The molecule has 0 aromatic carbocycles. The van der Waals surface area contributed by atoms with Gasteiger partial charge in [0.1, 0.15) is 12.2 Å². The molecule has 1 heterocycles. The van der Waals surface area contributed by atoms with E-state index < -0.39 is 56.9 Å². The van der Waals surface area contributed by atoms with Gasteiger partial charge in [0, 0.05) is 7.11 Å². The van der Waals surface area contributed by atoms with Crippen LogP contribution in [0.1, 0.15) is 41.5 Å². The van der Waals surface area contributed by atoms with Crippen molar-refractivity contribution in [2.75, 3.05) is 13.7 Å². The van der Waals surface area contributed by atoms with Crippen LogP contribution in [0, 0.1) is 0 Å². The van der Waals surface area contributed by atoms with Gasteiger partial charge in [-0.1, -0.05) is 41.5 Å². The first kappa shape index (κ1) is 30.0. The average molecular weight is 525 g/mol.